The van der Waals surface area contributed by atoms with Crippen molar-refractivity contribution in [2.75, 3.05) is 18.9 Å². The van der Waals surface area contributed by atoms with Crippen molar-refractivity contribution in [3.63, 3.8) is 0 Å². The molecule has 5 heteroatoms. The van der Waals surface area contributed by atoms with E-state index in [1.165, 1.54) is 5.56 Å². The van der Waals surface area contributed by atoms with Crippen LogP contribution in [0.5, 0.6) is 0 Å². The number of nitrogens with zero attached hydrogens (tertiary/aromatic N) is 3. The zero-order chi connectivity index (χ0) is 19.1. The molecule has 0 saturated carbocycles. The quantitative estimate of drug-likeness (QED) is 0.693. The number of amides is 1. The van der Waals surface area contributed by atoms with Gasteiger partial charge in [0.25, 0.3) is 5.91 Å². The summed E-state index contributed by atoms with van der Waals surface area (Å²) in [5.41, 5.74) is 3.67. The molecular weight excluding hydrogens is 336 g/mol. The lowest BCUT2D eigenvalue weighted by atomic mass is 10.1. The molecule has 1 unspecified atom stereocenters. The fourth-order valence-corrected chi connectivity index (χ4v) is 2.86. The minimum atomic E-state index is -0.0833. The molecule has 2 aromatic heterocycles. The largest absolute Gasteiger partial charge is 0.378 e. The highest BCUT2D eigenvalue weighted by Gasteiger charge is 2.14. The van der Waals surface area contributed by atoms with Gasteiger partial charge in [-0.2, -0.15) is 0 Å². The Labute approximate surface area is 160 Å². The van der Waals surface area contributed by atoms with Crippen molar-refractivity contribution in [2.45, 2.75) is 19.4 Å². The van der Waals surface area contributed by atoms with Crippen molar-refractivity contribution in [2.24, 2.45) is 0 Å². The molecule has 0 aliphatic carbocycles. The molecule has 0 saturated heterocycles. The van der Waals surface area contributed by atoms with Gasteiger partial charge in [0.15, 0.2) is 0 Å². The van der Waals surface area contributed by atoms with Gasteiger partial charge in [0, 0.05) is 43.9 Å². The molecule has 3 rings (SSSR count). The molecule has 0 aliphatic rings. The Morgan fingerprint density at radius 3 is 2.56 bits per heavy atom. The van der Waals surface area contributed by atoms with Crippen LogP contribution < -0.4 is 5.32 Å². The summed E-state index contributed by atoms with van der Waals surface area (Å²) in [4.78, 5) is 22.7. The van der Waals surface area contributed by atoms with E-state index in [4.69, 9.17) is 0 Å². The predicted octanol–water partition coefficient (Wildman–Crippen LogP) is 3.96. The normalized spacial score (nSPS) is 11.6. The molecule has 0 fully saturated rings. The smallest absolute Gasteiger partial charge is 0.272 e. The van der Waals surface area contributed by atoms with Crippen LogP contribution in [0.15, 0.2) is 73.2 Å². The highest BCUT2D eigenvalue weighted by molar-refractivity contribution is 5.93. The highest BCUT2D eigenvalue weighted by atomic mass is 16.2. The van der Waals surface area contributed by atoms with Gasteiger partial charge in [0.1, 0.15) is 5.69 Å². The lowest BCUT2D eigenvalue weighted by molar-refractivity contribution is 0.0791. The molecule has 1 atom stereocenters. The summed E-state index contributed by atoms with van der Waals surface area (Å²) < 4.78 is 0. The third-order valence-corrected chi connectivity index (χ3v) is 4.49. The van der Waals surface area contributed by atoms with Gasteiger partial charge < -0.3 is 10.2 Å². The summed E-state index contributed by atoms with van der Waals surface area (Å²) >= 11 is 0. The molecule has 0 aliphatic heterocycles. The third kappa shape index (κ3) is 5.14. The molecule has 0 bridgehead atoms. The van der Waals surface area contributed by atoms with Gasteiger partial charge >= 0.3 is 0 Å². The van der Waals surface area contributed by atoms with Gasteiger partial charge in [0.05, 0.1) is 0 Å². The number of rotatable bonds is 7. The SMILES string of the molecule is CC(Nc1ccnc(C(=O)N(C)CCc2ccncc2)c1)c1ccccc1. The van der Waals surface area contributed by atoms with Gasteiger partial charge in [-0.3, -0.25) is 14.8 Å². The fourth-order valence-electron chi connectivity index (χ4n) is 2.86. The Morgan fingerprint density at radius 1 is 1.07 bits per heavy atom. The monoisotopic (exact) mass is 360 g/mol. The van der Waals surface area contributed by atoms with E-state index in [1.54, 1.807) is 30.5 Å². The van der Waals surface area contributed by atoms with Crippen LogP contribution in [0.3, 0.4) is 0 Å². The van der Waals surface area contributed by atoms with E-state index in [1.807, 2.05) is 42.5 Å². The van der Waals surface area contributed by atoms with Crippen molar-refractivity contribution in [3.8, 4) is 0 Å². The van der Waals surface area contributed by atoms with Crippen LogP contribution in [0.4, 0.5) is 5.69 Å². The maximum Gasteiger partial charge on any atom is 0.272 e. The second-order valence-corrected chi connectivity index (χ2v) is 6.54. The van der Waals surface area contributed by atoms with Crippen LogP contribution in [0, 0.1) is 0 Å². The van der Waals surface area contributed by atoms with E-state index in [0.717, 1.165) is 17.7 Å². The molecule has 1 N–H and O–H groups in total. The number of carbonyl (C=O) groups is 1. The highest BCUT2D eigenvalue weighted by Crippen LogP contribution is 2.19. The van der Waals surface area contributed by atoms with Crippen LogP contribution in [-0.4, -0.2) is 34.4 Å². The van der Waals surface area contributed by atoms with Crippen molar-refractivity contribution in [3.05, 3.63) is 90.0 Å². The summed E-state index contributed by atoms with van der Waals surface area (Å²) in [5, 5.41) is 3.43. The second-order valence-electron chi connectivity index (χ2n) is 6.54. The van der Waals surface area contributed by atoms with Crippen LogP contribution in [0.25, 0.3) is 0 Å². The Morgan fingerprint density at radius 2 is 1.81 bits per heavy atom. The number of aromatic nitrogens is 2. The number of nitrogens with one attached hydrogen (secondary N) is 1. The summed E-state index contributed by atoms with van der Waals surface area (Å²) in [6, 6.07) is 18.0. The molecule has 5 nitrogen and oxygen atoms in total. The number of anilines is 1. The average molecular weight is 360 g/mol. The number of pyridine rings is 2. The van der Waals surface area contributed by atoms with Crippen LogP contribution in [0.1, 0.15) is 34.6 Å². The Kier molecular flexibility index (Phi) is 6.15. The number of likely N-dealkylation sites (N-methyl/N-ethyl adjacent to an activating group) is 1. The molecule has 0 radical (unpaired) electrons. The first kappa shape index (κ1) is 18.6. The van der Waals surface area contributed by atoms with Crippen LogP contribution in [-0.2, 0) is 6.42 Å². The minimum Gasteiger partial charge on any atom is -0.378 e. The van der Waals surface area contributed by atoms with Crippen molar-refractivity contribution >= 4 is 11.6 Å². The number of hydrogen-bond donors (Lipinski definition) is 1. The van der Waals surface area contributed by atoms with Crippen LogP contribution >= 0.6 is 0 Å². The van der Waals surface area contributed by atoms with Crippen LogP contribution in [0.2, 0.25) is 0 Å². The molecule has 1 amide bonds. The van der Waals surface area contributed by atoms with Crippen molar-refractivity contribution in [1.82, 2.24) is 14.9 Å². The average Bonchev–Trinajstić information content (AvgIpc) is 2.73. The van der Waals surface area contributed by atoms with Gasteiger partial charge in [-0.05, 0) is 48.7 Å². The number of benzene rings is 1. The number of hydrogen-bond acceptors (Lipinski definition) is 4. The standard InChI is InChI=1S/C22H24N4O/c1-17(19-6-4-3-5-7-19)25-20-10-14-24-21(16-20)22(27)26(2)15-11-18-8-12-23-13-9-18/h3-10,12-14,16-17H,11,15H2,1-2H3,(H,24,25). The zero-order valence-electron chi connectivity index (χ0n) is 15.7. The van der Waals surface area contributed by atoms with E-state index in [0.29, 0.717) is 12.2 Å². The van der Waals surface area contributed by atoms with Gasteiger partial charge in [-0.25, -0.2) is 0 Å². The van der Waals surface area contributed by atoms with Crippen molar-refractivity contribution < 1.29 is 4.79 Å². The first-order valence-electron chi connectivity index (χ1n) is 9.05. The third-order valence-electron chi connectivity index (χ3n) is 4.49. The molecule has 2 heterocycles. The van der Waals surface area contributed by atoms with Gasteiger partial charge in [0.2, 0.25) is 0 Å². The lowest BCUT2D eigenvalue weighted by Crippen LogP contribution is -2.29. The summed E-state index contributed by atoms with van der Waals surface area (Å²) in [5.74, 6) is -0.0833. The zero-order valence-corrected chi connectivity index (χ0v) is 15.7. The predicted molar refractivity (Wildman–Crippen MR) is 108 cm³/mol. The Bertz CT molecular complexity index is 868. The first-order chi connectivity index (χ1) is 13.1. The van der Waals surface area contributed by atoms with E-state index in [2.05, 4.69) is 34.3 Å². The molecular formula is C22H24N4O. The Balaban J connectivity index is 1.62. The molecule has 27 heavy (non-hydrogen) atoms. The summed E-state index contributed by atoms with van der Waals surface area (Å²) in [7, 11) is 1.80. The number of carbonyl (C=O) groups excluding carboxylic acids is 1. The van der Waals surface area contributed by atoms with Gasteiger partial charge in [-0.1, -0.05) is 30.3 Å². The molecule has 3 aromatic rings. The maximum absolute atomic E-state index is 12.7. The fraction of sp³-hybridized carbons (Fsp3) is 0.227. The molecule has 1 aromatic carbocycles. The summed E-state index contributed by atoms with van der Waals surface area (Å²) in [6.07, 6.45) is 5.99. The topological polar surface area (TPSA) is 58.1 Å². The minimum absolute atomic E-state index is 0.0833. The van der Waals surface area contributed by atoms with E-state index in [-0.39, 0.29) is 11.9 Å². The van der Waals surface area contributed by atoms with Gasteiger partial charge in [-0.15, -0.1) is 0 Å². The van der Waals surface area contributed by atoms with E-state index < -0.39 is 0 Å². The van der Waals surface area contributed by atoms with E-state index in [9.17, 15) is 4.79 Å². The Hall–Kier alpha value is -3.21. The molecule has 138 valence electrons. The maximum atomic E-state index is 12.7. The second kappa shape index (κ2) is 8.94. The molecule has 0 spiro atoms. The van der Waals surface area contributed by atoms with E-state index >= 15 is 0 Å². The summed E-state index contributed by atoms with van der Waals surface area (Å²) in [6.45, 7) is 2.72. The first-order valence-corrected chi connectivity index (χ1v) is 9.05. The lowest BCUT2D eigenvalue weighted by Gasteiger charge is -2.18. The van der Waals surface area contributed by atoms with Crippen molar-refractivity contribution in [1.29, 1.82) is 0 Å².